The lowest BCUT2D eigenvalue weighted by atomic mass is 9.79. The van der Waals surface area contributed by atoms with Crippen molar-refractivity contribution in [2.45, 2.75) is 80.1 Å². The van der Waals surface area contributed by atoms with Crippen LogP contribution in [0, 0.1) is 17.3 Å². The summed E-state index contributed by atoms with van der Waals surface area (Å²) in [6.45, 7) is 14.2. The third-order valence-electron chi connectivity index (χ3n) is 3.61. The normalized spacial score (nSPS) is 16.4. The molecule has 0 aliphatic rings. The van der Waals surface area contributed by atoms with Crippen LogP contribution in [0.15, 0.2) is 0 Å². The Morgan fingerprint density at radius 1 is 1.00 bits per heavy atom. The molecule has 0 N–H and O–H groups in total. The van der Waals surface area contributed by atoms with E-state index < -0.39 is 0 Å². The summed E-state index contributed by atoms with van der Waals surface area (Å²) in [7, 11) is 0. The summed E-state index contributed by atoms with van der Waals surface area (Å²) >= 11 is 0. The molecule has 2 atom stereocenters. The van der Waals surface area contributed by atoms with E-state index in [9.17, 15) is 0 Å². The molecular weight excluding hydrogens is 180 g/mol. The predicted octanol–water partition coefficient (Wildman–Crippen LogP) is 5.67. The Bertz CT molecular complexity index is 141. The average molecular weight is 212 g/mol. The minimum atomic E-state index is 0.512. The van der Waals surface area contributed by atoms with E-state index in [1.807, 2.05) is 0 Å². The van der Waals surface area contributed by atoms with Gasteiger partial charge in [0, 0.05) is 0 Å². The smallest absolute Gasteiger partial charge is 0.0383 e. The lowest BCUT2D eigenvalue weighted by molar-refractivity contribution is 0.251. The first-order valence-electron chi connectivity index (χ1n) is 6.90. The van der Waals surface area contributed by atoms with Gasteiger partial charge in [0.15, 0.2) is 0 Å². The first kappa shape index (κ1) is 15.0. The van der Waals surface area contributed by atoms with Crippen LogP contribution < -0.4 is 0 Å². The summed E-state index contributed by atoms with van der Waals surface area (Å²) in [5, 5.41) is 0. The second-order valence-corrected chi connectivity index (χ2v) is 6.39. The van der Waals surface area contributed by atoms with Crippen LogP contribution in [-0.4, -0.2) is 0 Å². The molecule has 92 valence electrons. The number of rotatable bonds is 7. The summed E-state index contributed by atoms with van der Waals surface area (Å²) in [6, 6.07) is 0. The van der Waals surface area contributed by atoms with Gasteiger partial charge in [-0.2, -0.15) is 0 Å². The standard InChI is InChI=1S/C15H32/c1-7-9-10-13(3)14(8-2)11-12-15(4,5)6/h13-14H,7-12H2,1-6H3. The lowest BCUT2D eigenvalue weighted by Gasteiger charge is -2.26. The maximum Gasteiger partial charge on any atom is -0.0383 e. The first-order valence-corrected chi connectivity index (χ1v) is 6.90. The second kappa shape index (κ2) is 7.30. The number of hydrogen-bond acceptors (Lipinski definition) is 0. The quantitative estimate of drug-likeness (QED) is 0.510. The molecule has 0 aromatic carbocycles. The Morgan fingerprint density at radius 2 is 1.60 bits per heavy atom. The third kappa shape index (κ3) is 7.88. The van der Waals surface area contributed by atoms with Gasteiger partial charge in [-0.15, -0.1) is 0 Å². The minimum Gasteiger partial charge on any atom is -0.0654 e. The van der Waals surface area contributed by atoms with Crippen molar-refractivity contribution in [1.82, 2.24) is 0 Å². The molecule has 0 aromatic heterocycles. The van der Waals surface area contributed by atoms with Crippen LogP contribution >= 0.6 is 0 Å². The van der Waals surface area contributed by atoms with Gasteiger partial charge in [0.25, 0.3) is 0 Å². The fraction of sp³-hybridized carbons (Fsp3) is 1.00. The van der Waals surface area contributed by atoms with Gasteiger partial charge in [0.1, 0.15) is 0 Å². The van der Waals surface area contributed by atoms with Crippen molar-refractivity contribution in [3.63, 3.8) is 0 Å². The minimum absolute atomic E-state index is 0.512. The van der Waals surface area contributed by atoms with E-state index in [4.69, 9.17) is 0 Å². The van der Waals surface area contributed by atoms with Crippen molar-refractivity contribution < 1.29 is 0 Å². The monoisotopic (exact) mass is 212 g/mol. The molecule has 0 aromatic rings. The maximum absolute atomic E-state index is 2.45. The largest absolute Gasteiger partial charge is 0.0654 e. The van der Waals surface area contributed by atoms with Gasteiger partial charge in [-0.25, -0.2) is 0 Å². The van der Waals surface area contributed by atoms with E-state index in [1.165, 1.54) is 38.5 Å². The van der Waals surface area contributed by atoms with E-state index in [1.54, 1.807) is 0 Å². The molecule has 0 bridgehead atoms. The molecule has 0 saturated heterocycles. The molecule has 0 rings (SSSR count). The highest BCUT2D eigenvalue weighted by Crippen LogP contribution is 2.30. The predicted molar refractivity (Wildman–Crippen MR) is 71.2 cm³/mol. The second-order valence-electron chi connectivity index (χ2n) is 6.39. The third-order valence-corrected chi connectivity index (χ3v) is 3.61. The number of unbranched alkanes of at least 4 members (excludes halogenated alkanes) is 1. The summed E-state index contributed by atoms with van der Waals surface area (Å²) in [6.07, 6.45) is 8.35. The maximum atomic E-state index is 2.45. The molecule has 0 radical (unpaired) electrons. The summed E-state index contributed by atoms with van der Waals surface area (Å²) in [5.74, 6) is 1.88. The van der Waals surface area contributed by atoms with Crippen LogP contribution in [0.2, 0.25) is 0 Å². The average Bonchev–Trinajstić information content (AvgIpc) is 2.13. The van der Waals surface area contributed by atoms with Gasteiger partial charge >= 0.3 is 0 Å². The SMILES string of the molecule is CCCCC(C)C(CC)CCC(C)(C)C. The topological polar surface area (TPSA) is 0 Å². The highest BCUT2D eigenvalue weighted by atomic mass is 14.2. The van der Waals surface area contributed by atoms with Crippen molar-refractivity contribution >= 4 is 0 Å². The van der Waals surface area contributed by atoms with Crippen LogP contribution in [0.4, 0.5) is 0 Å². The van der Waals surface area contributed by atoms with Crippen molar-refractivity contribution in [2.75, 3.05) is 0 Å². The van der Waals surface area contributed by atoms with Crippen LogP contribution in [0.25, 0.3) is 0 Å². The van der Waals surface area contributed by atoms with Crippen LogP contribution in [0.5, 0.6) is 0 Å². The molecule has 0 aliphatic carbocycles. The van der Waals surface area contributed by atoms with E-state index in [-0.39, 0.29) is 0 Å². The van der Waals surface area contributed by atoms with Crippen LogP contribution in [-0.2, 0) is 0 Å². The lowest BCUT2D eigenvalue weighted by Crippen LogP contribution is -2.15. The van der Waals surface area contributed by atoms with Crippen molar-refractivity contribution in [3.8, 4) is 0 Å². The Hall–Kier alpha value is 0. The van der Waals surface area contributed by atoms with Gasteiger partial charge in [-0.1, -0.05) is 67.2 Å². The zero-order valence-corrected chi connectivity index (χ0v) is 11.9. The van der Waals surface area contributed by atoms with Gasteiger partial charge in [-0.05, 0) is 30.1 Å². The Labute approximate surface area is 97.8 Å². The zero-order valence-electron chi connectivity index (χ0n) is 11.9. The molecule has 0 heterocycles. The summed E-state index contributed by atoms with van der Waals surface area (Å²) in [5.41, 5.74) is 0.512. The fourth-order valence-electron chi connectivity index (χ4n) is 2.27. The van der Waals surface area contributed by atoms with Crippen LogP contribution in [0.3, 0.4) is 0 Å². The Morgan fingerprint density at radius 3 is 2.00 bits per heavy atom. The molecule has 0 aliphatic heterocycles. The van der Waals surface area contributed by atoms with Gasteiger partial charge in [0.2, 0.25) is 0 Å². The highest BCUT2D eigenvalue weighted by molar-refractivity contribution is 4.70. The van der Waals surface area contributed by atoms with Crippen molar-refractivity contribution in [2.24, 2.45) is 17.3 Å². The molecule has 0 heteroatoms. The Kier molecular flexibility index (Phi) is 7.30. The zero-order chi connectivity index (χ0) is 11.9. The van der Waals surface area contributed by atoms with E-state index >= 15 is 0 Å². The molecule has 2 unspecified atom stereocenters. The van der Waals surface area contributed by atoms with Gasteiger partial charge in [0.05, 0.1) is 0 Å². The van der Waals surface area contributed by atoms with Crippen molar-refractivity contribution in [3.05, 3.63) is 0 Å². The molecule has 0 fully saturated rings. The molecule has 15 heavy (non-hydrogen) atoms. The molecular formula is C15H32. The molecule has 0 nitrogen and oxygen atoms in total. The number of hydrogen-bond donors (Lipinski definition) is 0. The van der Waals surface area contributed by atoms with Gasteiger partial charge in [-0.3, -0.25) is 0 Å². The van der Waals surface area contributed by atoms with Crippen LogP contribution in [0.1, 0.15) is 80.1 Å². The van der Waals surface area contributed by atoms with E-state index in [2.05, 4.69) is 41.5 Å². The fourth-order valence-corrected chi connectivity index (χ4v) is 2.27. The van der Waals surface area contributed by atoms with E-state index in [0.717, 1.165) is 11.8 Å². The summed E-state index contributed by atoms with van der Waals surface area (Å²) < 4.78 is 0. The van der Waals surface area contributed by atoms with E-state index in [0.29, 0.717) is 5.41 Å². The van der Waals surface area contributed by atoms with Gasteiger partial charge < -0.3 is 0 Å². The summed E-state index contributed by atoms with van der Waals surface area (Å²) in [4.78, 5) is 0. The highest BCUT2D eigenvalue weighted by Gasteiger charge is 2.18. The molecule has 0 saturated carbocycles. The first-order chi connectivity index (χ1) is 6.90. The Balaban J connectivity index is 3.90. The molecule has 0 spiro atoms. The molecule has 0 amide bonds. The van der Waals surface area contributed by atoms with Crippen molar-refractivity contribution in [1.29, 1.82) is 0 Å².